The Morgan fingerprint density at radius 3 is 2.60 bits per heavy atom. The average Bonchev–Trinajstić information content (AvgIpc) is 2.58. The van der Waals surface area contributed by atoms with Crippen molar-refractivity contribution in [1.82, 2.24) is 0 Å². The van der Waals surface area contributed by atoms with Gasteiger partial charge in [-0.25, -0.2) is 8.42 Å². The molecule has 0 aromatic rings. The molecule has 0 aromatic carbocycles. The van der Waals surface area contributed by atoms with E-state index in [-0.39, 0.29) is 23.0 Å². The highest BCUT2D eigenvalue weighted by atomic mass is 79.9. The summed E-state index contributed by atoms with van der Waals surface area (Å²) in [4.78, 5) is 0. The standard InChI is InChI=1S/C10H19BrO3S/c1-3-15(12,13)7-5-10(8-11)4-6-14-9(10)2/h9H,3-8H2,1-2H3. The smallest absolute Gasteiger partial charge is 0.150 e. The quantitative estimate of drug-likeness (QED) is 0.729. The Balaban J connectivity index is 2.62. The number of ether oxygens (including phenoxy) is 1. The second kappa shape index (κ2) is 5.15. The van der Waals surface area contributed by atoms with E-state index in [1.807, 2.05) is 6.92 Å². The van der Waals surface area contributed by atoms with Crippen LogP contribution in [0, 0.1) is 5.41 Å². The zero-order chi connectivity index (χ0) is 11.5. The van der Waals surface area contributed by atoms with Crippen LogP contribution in [0.4, 0.5) is 0 Å². The van der Waals surface area contributed by atoms with Crippen LogP contribution in [0.3, 0.4) is 0 Å². The first-order valence-electron chi connectivity index (χ1n) is 5.34. The zero-order valence-corrected chi connectivity index (χ0v) is 11.7. The van der Waals surface area contributed by atoms with Crippen molar-refractivity contribution in [2.45, 2.75) is 32.8 Å². The summed E-state index contributed by atoms with van der Waals surface area (Å²) in [6, 6.07) is 0. The molecule has 0 amide bonds. The van der Waals surface area contributed by atoms with Gasteiger partial charge in [0.1, 0.15) is 9.84 Å². The van der Waals surface area contributed by atoms with E-state index in [9.17, 15) is 8.42 Å². The third-order valence-electron chi connectivity index (χ3n) is 3.45. The minimum Gasteiger partial charge on any atom is -0.378 e. The van der Waals surface area contributed by atoms with Gasteiger partial charge in [-0.2, -0.15) is 0 Å². The van der Waals surface area contributed by atoms with Crippen LogP contribution in [0.15, 0.2) is 0 Å². The molecule has 0 aromatic heterocycles. The topological polar surface area (TPSA) is 43.4 Å². The van der Waals surface area contributed by atoms with E-state index in [0.29, 0.717) is 6.42 Å². The SMILES string of the molecule is CCS(=O)(=O)CCC1(CBr)CCOC1C. The van der Waals surface area contributed by atoms with Gasteiger partial charge in [-0.1, -0.05) is 22.9 Å². The maximum atomic E-state index is 11.5. The van der Waals surface area contributed by atoms with Crippen molar-refractivity contribution < 1.29 is 13.2 Å². The van der Waals surface area contributed by atoms with Gasteiger partial charge in [0.25, 0.3) is 0 Å². The average molecular weight is 299 g/mol. The number of hydrogen-bond donors (Lipinski definition) is 0. The Morgan fingerprint density at radius 1 is 1.53 bits per heavy atom. The highest BCUT2D eigenvalue weighted by Crippen LogP contribution is 2.40. The summed E-state index contributed by atoms with van der Waals surface area (Å²) in [5.41, 5.74) is 0.0161. The highest BCUT2D eigenvalue weighted by Gasteiger charge is 2.40. The highest BCUT2D eigenvalue weighted by molar-refractivity contribution is 9.09. The molecule has 0 bridgehead atoms. The summed E-state index contributed by atoms with van der Waals surface area (Å²) in [6.07, 6.45) is 1.82. The summed E-state index contributed by atoms with van der Waals surface area (Å²) in [7, 11) is -2.86. The molecule has 5 heteroatoms. The van der Waals surface area contributed by atoms with Crippen LogP contribution in [0.25, 0.3) is 0 Å². The van der Waals surface area contributed by atoms with Gasteiger partial charge in [0.05, 0.1) is 11.9 Å². The van der Waals surface area contributed by atoms with E-state index >= 15 is 0 Å². The Labute approximate surface area is 101 Å². The predicted octanol–water partition coefficient (Wildman–Crippen LogP) is 2.00. The van der Waals surface area contributed by atoms with E-state index in [1.54, 1.807) is 6.92 Å². The fourth-order valence-corrected chi connectivity index (χ4v) is 3.92. The number of rotatable bonds is 5. The monoisotopic (exact) mass is 298 g/mol. The minimum atomic E-state index is -2.86. The van der Waals surface area contributed by atoms with Crippen LogP contribution in [0.1, 0.15) is 26.7 Å². The molecule has 90 valence electrons. The molecular formula is C10H19BrO3S. The van der Waals surface area contributed by atoms with Crippen molar-refractivity contribution in [3.05, 3.63) is 0 Å². The van der Waals surface area contributed by atoms with Gasteiger partial charge in [-0.3, -0.25) is 0 Å². The molecule has 1 aliphatic rings. The van der Waals surface area contributed by atoms with Crippen LogP contribution in [0.2, 0.25) is 0 Å². The molecule has 2 atom stereocenters. The van der Waals surface area contributed by atoms with Crippen molar-refractivity contribution in [1.29, 1.82) is 0 Å². The lowest BCUT2D eigenvalue weighted by atomic mass is 9.81. The summed E-state index contributed by atoms with van der Waals surface area (Å²) in [5, 5.41) is 0.820. The van der Waals surface area contributed by atoms with Crippen molar-refractivity contribution in [2.75, 3.05) is 23.4 Å². The molecule has 1 saturated heterocycles. The molecule has 2 unspecified atom stereocenters. The van der Waals surface area contributed by atoms with E-state index in [0.717, 1.165) is 18.4 Å². The van der Waals surface area contributed by atoms with Gasteiger partial charge >= 0.3 is 0 Å². The first-order valence-corrected chi connectivity index (χ1v) is 8.28. The molecule has 1 rings (SSSR count). The molecule has 3 nitrogen and oxygen atoms in total. The Bertz CT molecular complexity index is 302. The van der Waals surface area contributed by atoms with Gasteiger partial charge in [0, 0.05) is 23.1 Å². The van der Waals surface area contributed by atoms with E-state index in [2.05, 4.69) is 15.9 Å². The third kappa shape index (κ3) is 3.17. The van der Waals surface area contributed by atoms with Gasteiger partial charge in [0.15, 0.2) is 0 Å². The van der Waals surface area contributed by atoms with Gasteiger partial charge < -0.3 is 4.74 Å². The van der Waals surface area contributed by atoms with Crippen LogP contribution in [-0.4, -0.2) is 38.0 Å². The Hall–Kier alpha value is 0.390. The summed E-state index contributed by atoms with van der Waals surface area (Å²) in [5.74, 6) is 0.517. The molecular weight excluding hydrogens is 280 g/mol. The van der Waals surface area contributed by atoms with Crippen molar-refractivity contribution >= 4 is 25.8 Å². The maximum absolute atomic E-state index is 11.5. The molecule has 0 spiro atoms. The molecule has 15 heavy (non-hydrogen) atoms. The molecule has 0 radical (unpaired) electrons. The lowest BCUT2D eigenvalue weighted by molar-refractivity contribution is 0.0732. The fourth-order valence-electron chi connectivity index (χ4n) is 1.89. The van der Waals surface area contributed by atoms with Crippen LogP contribution in [-0.2, 0) is 14.6 Å². The van der Waals surface area contributed by atoms with Crippen LogP contribution in [0.5, 0.6) is 0 Å². The number of sulfone groups is 1. The normalized spacial score (nSPS) is 32.1. The van der Waals surface area contributed by atoms with Crippen LogP contribution < -0.4 is 0 Å². The van der Waals surface area contributed by atoms with Crippen molar-refractivity contribution in [3.8, 4) is 0 Å². The minimum absolute atomic E-state index is 0.0161. The summed E-state index contributed by atoms with van der Waals surface area (Å²) < 4.78 is 28.5. The lowest BCUT2D eigenvalue weighted by Crippen LogP contribution is -2.33. The van der Waals surface area contributed by atoms with Gasteiger partial charge in [0.2, 0.25) is 0 Å². The largest absolute Gasteiger partial charge is 0.378 e. The van der Waals surface area contributed by atoms with Gasteiger partial charge in [-0.15, -0.1) is 0 Å². The van der Waals surface area contributed by atoms with E-state index < -0.39 is 9.84 Å². The molecule has 1 heterocycles. The Morgan fingerprint density at radius 2 is 2.20 bits per heavy atom. The first-order chi connectivity index (χ1) is 6.96. The first kappa shape index (κ1) is 13.5. The summed E-state index contributed by atoms with van der Waals surface area (Å²) in [6.45, 7) is 4.48. The van der Waals surface area contributed by atoms with Crippen molar-refractivity contribution in [3.63, 3.8) is 0 Å². The molecule has 1 aliphatic heterocycles. The zero-order valence-electron chi connectivity index (χ0n) is 9.33. The third-order valence-corrected chi connectivity index (χ3v) is 6.27. The molecule has 0 N–H and O–H groups in total. The van der Waals surface area contributed by atoms with Gasteiger partial charge in [-0.05, 0) is 19.8 Å². The Kier molecular flexibility index (Phi) is 4.62. The number of hydrogen-bond acceptors (Lipinski definition) is 3. The second-order valence-corrected chi connectivity index (χ2v) is 7.28. The lowest BCUT2D eigenvalue weighted by Gasteiger charge is -2.29. The van der Waals surface area contributed by atoms with Crippen LogP contribution >= 0.6 is 15.9 Å². The van der Waals surface area contributed by atoms with E-state index in [4.69, 9.17) is 4.74 Å². The fraction of sp³-hybridized carbons (Fsp3) is 1.00. The number of halogens is 1. The molecule has 1 fully saturated rings. The molecule has 0 aliphatic carbocycles. The summed E-state index contributed by atoms with van der Waals surface area (Å²) >= 11 is 3.49. The molecule has 0 saturated carbocycles. The number of alkyl halides is 1. The maximum Gasteiger partial charge on any atom is 0.150 e. The van der Waals surface area contributed by atoms with Crippen molar-refractivity contribution in [2.24, 2.45) is 5.41 Å². The predicted molar refractivity (Wildman–Crippen MR) is 65.2 cm³/mol. The van der Waals surface area contributed by atoms with E-state index in [1.165, 1.54) is 0 Å². The second-order valence-electron chi connectivity index (χ2n) is 4.25.